The summed E-state index contributed by atoms with van der Waals surface area (Å²) in [5.74, 6) is -1.33. The first-order valence-corrected chi connectivity index (χ1v) is 8.44. The van der Waals surface area contributed by atoms with Crippen molar-refractivity contribution >= 4 is 33.0 Å². The van der Waals surface area contributed by atoms with Gasteiger partial charge in [0, 0.05) is 10.7 Å². The van der Waals surface area contributed by atoms with Crippen LogP contribution in [0.2, 0.25) is 5.02 Å². The molecule has 0 saturated carbocycles. The quantitative estimate of drug-likeness (QED) is 0.920. The Labute approximate surface area is 128 Å². The van der Waals surface area contributed by atoms with Crippen molar-refractivity contribution in [1.82, 2.24) is 0 Å². The van der Waals surface area contributed by atoms with Crippen LogP contribution in [-0.4, -0.2) is 20.1 Å². The van der Waals surface area contributed by atoms with E-state index in [4.69, 9.17) is 11.6 Å². The zero-order chi connectivity index (χ0) is 15.3. The third kappa shape index (κ3) is 5.21. The number of amides is 1. The van der Waals surface area contributed by atoms with Crippen LogP contribution < -0.4 is 5.32 Å². The summed E-state index contributed by atoms with van der Waals surface area (Å²) in [4.78, 5) is 11.8. The number of carbonyl (C=O) groups is 1. The first-order chi connectivity index (χ1) is 9.94. The van der Waals surface area contributed by atoms with E-state index in [9.17, 15) is 13.2 Å². The number of rotatable bonds is 5. The van der Waals surface area contributed by atoms with Gasteiger partial charge in [-0.2, -0.15) is 0 Å². The summed E-state index contributed by atoms with van der Waals surface area (Å²) < 4.78 is 24.0. The fourth-order valence-electron chi connectivity index (χ4n) is 1.85. The van der Waals surface area contributed by atoms with E-state index >= 15 is 0 Å². The summed E-state index contributed by atoms with van der Waals surface area (Å²) in [6, 6.07) is 15.3. The number of para-hydroxylation sites is 1. The van der Waals surface area contributed by atoms with Gasteiger partial charge < -0.3 is 5.32 Å². The Kier molecular flexibility index (Phi) is 4.98. The summed E-state index contributed by atoms with van der Waals surface area (Å²) in [6.45, 7) is 0. The second kappa shape index (κ2) is 6.74. The molecule has 2 aromatic rings. The molecule has 0 aromatic heterocycles. The number of sulfone groups is 1. The zero-order valence-corrected chi connectivity index (χ0v) is 12.7. The van der Waals surface area contributed by atoms with E-state index < -0.39 is 21.5 Å². The lowest BCUT2D eigenvalue weighted by atomic mass is 10.2. The van der Waals surface area contributed by atoms with Crippen LogP contribution in [0.15, 0.2) is 54.6 Å². The van der Waals surface area contributed by atoms with E-state index in [0.717, 1.165) is 0 Å². The molecule has 4 nitrogen and oxygen atoms in total. The van der Waals surface area contributed by atoms with Gasteiger partial charge >= 0.3 is 0 Å². The minimum Gasteiger partial charge on any atom is -0.325 e. The predicted octanol–water partition coefficient (Wildman–Crippen LogP) is 2.89. The molecule has 6 heteroatoms. The third-order valence-corrected chi connectivity index (χ3v) is 4.39. The highest BCUT2D eigenvalue weighted by atomic mass is 35.5. The smallest absolute Gasteiger partial charge is 0.239 e. The molecule has 0 spiro atoms. The minimum atomic E-state index is -3.54. The maximum Gasteiger partial charge on any atom is 0.239 e. The van der Waals surface area contributed by atoms with Crippen molar-refractivity contribution in [2.24, 2.45) is 0 Å². The molecule has 0 aliphatic rings. The van der Waals surface area contributed by atoms with Gasteiger partial charge in [-0.05, 0) is 29.8 Å². The monoisotopic (exact) mass is 323 g/mol. The summed E-state index contributed by atoms with van der Waals surface area (Å²) in [5, 5.41) is 3.02. The number of hydrogen-bond acceptors (Lipinski definition) is 3. The first kappa shape index (κ1) is 15.5. The predicted molar refractivity (Wildman–Crippen MR) is 84.0 cm³/mol. The summed E-state index contributed by atoms with van der Waals surface area (Å²) >= 11 is 5.81. The van der Waals surface area contributed by atoms with Crippen LogP contribution in [0.25, 0.3) is 0 Å². The second-order valence-electron chi connectivity index (χ2n) is 4.58. The second-order valence-corrected chi connectivity index (χ2v) is 7.08. The van der Waals surface area contributed by atoms with Crippen molar-refractivity contribution in [1.29, 1.82) is 0 Å². The van der Waals surface area contributed by atoms with Gasteiger partial charge in [-0.1, -0.05) is 41.9 Å². The minimum absolute atomic E-state index is 0.213. The molecule has 2 rings (SSSR count). The molecule has 0 bridgehead atoms. The van der Waals surface area contributed by atoms with Gasteiger partial charge in [0.1, 0.15) is 5.75 Å². The molecule has 2 aromatic carbocycles. The molecular weight excluding hydrogens is 310 g/mol. The van der Waals surface area contributed by atoms with Gasteiger partial charge in [0.15, 0.2) is 9.84 Å². The highest BCUT2D eigenvalue weighted by Gasteiger charge is 2.17. The Morgan fingerprint density at radius 3 is 2.43 bits per heavy atom. The third-order valence-electron chi connectivity index (χ3n) is 2.68. The van der Waals surface area contributed by atoms with Crippen molar-refractivity contribution in [3.05, 3.63) is 65.2 Å². The maximum atomic E-state index is 12.0. The van der Waals surface area contributed by atoms with Gasteiger partial charge in [0.05, 0.1) is 5.75 Å². The number of halogens is 1. The molecule has 0 heterocycles. The number of nitrogens with one attached hydrogen (secondary N) is 1. The Morgan fingerprint density at radius 2 is 1.76 bits per heavy atom. The van der Waals surface area contributed by atoms with Crippen molar-refractivity contribution in [3.63, 3.8) is 0 Å². The largest absolute Gasteiger partial charge is 0.325 e. The van der Waals surface area contributed by atoms with Crippen molar-refractivity contribution in [2.45, 2.75) is 5.75 Å². The van der Waals surface area contributed by atoms with E-state index in [-0.39, 0.29) is 5.75 Å². The summed E-state index contributed by atoms with van der Waals surface area (Å²) in [6.07, 6.45) is 0. The van der Waals surface area contributed by atoms with Gasteiger partial charge in [0.25, 0.3) is 0 Å². The molecule has 0 aliphatic carbocycles. The standard InChI is InChI=1S/C15H14ClNO3S/c16-13-6-4-5-12(9-13)10-21(19,20)11-15(18)17-14-7-2-1-3-8-14/h1-9H,10-11H2,(H,17,18). The van der Waals surface area contributed by atoms with Crippen molar-refractivity contribution in [3.8, 4) is 0 Å². The van der Waals surface area contributed by atoms with Crippen LogP contribution in [0, 0.1) is 0 Å². The number of hydrogen-bond donors (Lipinski definition) is 1. The molecule has 21 heavy (non-hydrogen) atoms. The van der Waals surface area contributed by atoms with Crippen LogP contribution in [0.3, 0.4) is 0 Å². The fourth-order valence-corrected chi connectivity index (χ4v) is 3.32. The van der Waals surface area contributed by atoms with E-state index in [1.165, 1.54) is 0 Å². The number of anilines is 1. The zero-order valence-electron chi connectivity index (χ0n) is 11.1. The molecule has 1 N–H and O–H groups in total. The van der Waals surface area contributed by atoms with Crippen LogP contribution in [0.4, 0.5) is 5.69 Å². The topological polar surface area (TPSA) is 63.2 Å². The maximum absolute atomic E-state index is 12.0. The van der Waals surface area contributed by atoms with Crippen LogP contribution in [0.1, 0.15) is 5.56 Å². The van der Waals surface area contributed by atoms with Gasteiger partial charge in [-0.15, -0.1) is 0 Å². The van der Waals surface area contributed by atoms with E-state index in [0.29, 0.717) is 16.3 Å². The van der Waals surface area contributed by atoms with Gasteiger partial charge in [-0.3, -0.25) is 4.79 Å². The molecule has 0 aliphatic heterocycles. The van der Waals surface area contributed by atoms with E-state index in [1.54, 1.807) is 48.5 Å². The molecule has 0 saturated heterocycles. The molecule has 0 radical (unpaired) electrons. The molecular formula is C15H14ClNO3S. The lowest BCUT2D eigenvalue weighted by Gasteiger charge is -2.06. The fraction of sp³-hybridized carbons (Fsp3) is 0.133. The Bertz CT molecular complexity index is 730. The van der Waals surface area contributed by atoms with Crippen molar-refractivity contribution in [2.75, 3.05) is 11.1 Å². The van der Waals surface area contributed by atoms with Gasteiger partial charge in [-0.25, -0.2) is 8.42 Å². The van der Waals surface area contributed by atoms with Crippen LogP contribution in [-0.2, 0) is 20.4 Å². The van der Waals surface area contributed by atoms with E-state index in [2.05, 4.69) is 5.32 Å². The highest BCUT2D eigenvalue weighted by molar-refractivity contribution is 7.91. The number of carbonyl (C=O) groups excluding carboxylic acids is 1. The average Bonchev–Trinajstić information content (AvgIpc) is 2.38. The van der Waals surface area contributed by atoms with E-state index in [1.807, 2.05) is 6.07 Å². The highest BCUT2D eigenvalue weighted by Crippen LogP contribution is 2.14. The van der Waals surface area contributed by atoms with Crippen LogP contribution >= 0.6 is 11.6 Å². The molecule has 0 unspecified atom stereocenters. The van der Waals surface area contributed by atoms with Crippen LogP contribution in [0.5, 0.6) is 0 Å². The Hall–Kier alpha value is -1.85. The SMILES string of the molecule is O=C(CS(=O)(=O)Cc1cccc(Cl)c1)Nc1ccccc1. The summed E-state index contributed by atoms with van der Waals surface area (Å²) in [7, 11) is -3.54. The Morgan fingerprint density at radius 1 is 1.05 bits per heavy atom. The normalized spacial score (nSPS) is 11.1. The average molecular weight is 324 g/mol. The van der Waals surface area contributed by atoms with Crippen molar-refractivity contribution < 1.29 is 13.2 Å². The van der Waals surface area contributed by atoms with Gasteiger partial charge in [0.2, 0.25) is 5.91 Å². The number of benzene rings is 2. The lowest BCUT2D eigenvalue weighted by molar-refractivity contribution is -0.113. The summed E-state index contributed by atoms with van der Waals surface area (Å²) in [5.41, 5.74) is 1.13. The first-order valence-electron chi connectivity index (χ1n) is 6.24. The molecule has 110 valence electrons. The Balaban J connectivity index is 1.99. The lowest BCUT2D eigenvalue weighted by Crippen LogP contribution is -2.23. The molecule has 0 fully saturated rings. The molecule has 0 atom stereocenters. The molecule has 1 amide bonds.